The van der Waals surface area contributed by atoms with Crippen LogP contribution in [0.15, 0.2) is 60.7 Å². The number of aryl methyl sites for hydroxylation is 1. The van der Waals surface area contributed by atoms with Gasteiger partial charge >= 0.3 is 0 Å². The van der Waals surface area contributed by atoms with Crippen molar-refractivity contribution in [2.75, 3.05) is 0 Å². The lowest BCUT2D eigenvalue weighted by molar-refractivity contribution is -0.116. The van der Waals surface area contributed by atoms with Gasteiger partial charge in [-0.1, -0.05) is 37.3 Å². The van der Waals surface area contributed by atoms with Crippen molar-refractivity contribution in [2.24, 2.45) is 0 Å². The van der Waals surface area contributed by atoms with Gasteiger partial charge < -0.3 is 10.6 Å². The van der Waals surface area contributed by atoms with Crippen molar-refractivity contribution in [3.8, 4) is 5.69 Å². The molecular weight excluding hydrogens is 400 g/mol. The smallest absolute Gasteiger partial charge is 0.251 e. The molecule has 2 aromatic carbocycles. The summed E-state index contributed by atoms with van der Waals surface area (Å²) in [6.07, 6.45) is 4.19. The van der Waals surface area contributed by atoms with Gasteiger partial charge in [-0.05, 0) is 63.1 Å². The lowest BCUT2D eigenvalue weighted by atomic mass is 10.1. The van der Waals surface area contributed by atoms with E-state index in [1.807, 2.05) is 74.8 Å². The molecule has 2 amide bonds. The summed E-state index contributed by atoms with van der Waals surface area (Å²) in [5.74, 6) is -0.306. The lowest BCUT2D eigenvalue weighted by Gasteiger charge is -2.12. The topological polar surface area (TPSA) is 76.0 Å². The average Bonchev–Trinajstić information content (AvgIpc) is 3.10. The molecule has 1 atom stereocenters. The second-order valence-electron chi connectivity index (χ2n) is 7.87. The number of nitrogens with zero attached hydrogens (tertiary/aromatic N) is 2. The van der Waals surface area contributed by atoms with Crippen LogP contribution in [0.3, 0.4) is 0 Å². The fourth-order valence-electron chi connectivity index (χ4n) is 3.36. The van der Waals surface area contributed by atoms with E-state index in [-0.39, 0.29) is 17.9 Å². The van der Waals surface area contributed by atoms with Crippen molar-refractivity contribution in [1.82, 2.24) is 20.4 Å². The molecule has 166 valence electrons. The van der Waals surface area contributed by atoms with E-state index in [0.717, 1.165) is 34.6 Å². The van der Waals surface area contributed by atoms with E-state index in [1.165, 1.54) is 6.08 Å². The maximum absolute atomic E-state index is 12.4. The van der Waals surface area contributed by atoms with Crippen LogP contribution in [0.4, 0.5) is 0 Å². The summed E-state index contributed by atoms with van der Waals surface area (Å²) in [5.41, 5.74) is 5.19. The summed E-state index contributed by atoms with van der Waals surface area (Å²) in [6, 6.07) is 17.3. The molecule has 1 heterocycles. The second kappa shape index (κ2) is 10.6. The van der Waals surface area contributed by atoms with Gasteiger partial charge in [0, 0.05) is 35.5 Å². The molecule has 0 aliphatic rings. The summed E-state index contributed by atoms with van der Waals surface area (Å²) in [5, 5.41) is 10.4. The van der Waals surface area contributed by atoms with Crippen molar-refractivity contribution >= 4 is 17.9 Å². The number of rotatable bonds is 8. The maximum atomic E-state index is 12.4. The third-order valence-electron chi connectivity index (χ3n) is 5.40. The number of amides is 2. The first-order valence-corrected chi connectivity index (χ1v) is 10.9. The molecule has 1 aromatic heterocycles. The van der Waals surface area contributed by atoms with Crippen LogP contribution in [0.1, 0.15) is 53.1 Å². The Bertz CT molecular complexity index is 1120. The van der Waals surface area contributed by atoms with Crippen molar-refractivity contribution in [3.63, 3.8) is 0 Å². The van der Waals surface area contributed by atoms with E-state index < -0.39 is 0 Å². The SMILES string of the molecule is CCC(C)NC(=O)c1cccc(CNC(=O)C=Cc2c(C)nn(-c3ccccc3)c2C)c1. The van der Waals surface area contributed by atoms with Crippen LogP contribution >= 0.6 is 0 Å². The van der Waals surface area contributed by atoms with Gasteiger partial charge in [-0.25, -0.2) is 4.68 Å². The first-order chi connectivity index (χ1) is 15.4. The van der Waals surface area contributed by atoms with E-state index in [0.29, 0.717) is 12.1 Å². The number of aromatic nitrogens is 2. The van der Waals surface area contributed by atoms with Gasteiger partial charge in [-0.3, -0.25) is 9.59 Å². The summed E-state index contributed by atoms with van der Waals surface area (Å²) < 4.78 is 1.88. The van der Waals surface area contributed by atoms with Crippen LogP contribution in [-0.4, -0.2) is 27.6 Å². The second-order valence-corrected chi connectivity index (χ2v) is 7.87. The molecule has 6 heteroatoms. The molecule has 1 unspecified atom stereocenters. The fraction of sp³-hybridized carbons (Fsp3) is 0.269. The molecule has 3 rings (SSSR count). The Hall–Kier alpha value is -3.67. The third kappa shape index (κ3) is 5.72. The van der Waals surface area contributed by atoms with E-state index in [2.05, 4.69) is 15.7 Å². The predicted molar refractivity (Wildman–Crippen MR) is 128 cm³/mol. The number of hydrogen-bond donors (Lipinski definition) is 2. The normalized spacial score (nSPS) is 12.0. The Balaban J connectivity index is 1.63. The first-order valence-electron chi connectivity index (χ1n) is 10.9. The molecule has 2 N–H and O–H groups in total. The number of carbonyl (C=O) groups excluding carboxylic acids is 2. The molecule has 0 radical (unpaired) electrons. The van der Waals surface area contributed by atoms with Crippen molar-refractivity contribution in [3.05, 3.63) is 88.8 Å². The molecule has 0 saturated carbocycles. The molecule has 0 aliphatic carbocycles. The van der Waals surface area contributed by atoms with Crippen LogP contribution in [0.2, 0.25) is 0 Å². The number of para-hydroxylation sites is 1. The summed E-state index contributed by atoms with van der Waals surface area (Å²) in [4.78, 5) is 24.7. The Morgan fingerprint density at radius 3 is 2.56 bits per heavy atom. The first kappa shape index (κ1) is 23.0. The monoisotopic (exact) mass is 430 g/mol. The summed E-state index contributed by atoms with van der Waals surface area (Å²) >= 11 is 0. The zero-order valence-corrected chi connectivity index (χ0v) is 19.1. The molecule has 0 spiro atoms. The predicted octanol–water partition coefficient (Wildman–Crippen LogP) is 4.35. The highest BCUT2D eigenvalue weighted by Crippen LogP contribution is 2.19. The third-order valence-corrected chi connectivity index (χ3v) is 5.40. The average molecular weight is 431 g/mol. The van der Waals surface area contributed by atoms with Gasteiger partial charge in [0.15, 0.2) is 0 Å². The minimum absolute atomic E-state index is 0.103. The van der Waals surface area contributed by atoms with Crippen LogP contribution in [0, 0.1) is 13.8 Å². The number of nitrogens with one attached hydrogen (secondary N) is 2. The van der Waals surface area contributed by atoms with Gasteiger partial charge in [0.1, 0.15) is 0 Å². The Morgan fingerprint density at radius 2 is 1.84 bits per heavy atom. The molecule has 3 aromatic rings. The van der Waals surface area contributed by atoms with Crippen LogP contribution < -0.4 is 10.6 Å². The number of hydrogen-bond acceptors (Lipinski definition) is 3. The van der Waals surface area contributed by atoms with E-state index in [9.17, 15) is 9.59 Å². The molecule has 0 bridgehead atoms. The largest absolute Gasteiger partial charge is 0.350 e. The summed E-state index contributed by atoms with van der Waals surface area (Å²) in [7, 11) is 0. The van der Waals surface area contributed by atoms with Crippen molar-refractivity contribution in [2.45, 2.75) is 46.7 Å². The van der Waals surface area contributed by atoms with Crippen LogP contribution in [0.25, 0.3) is 11.8 Å². The Labute approximate surface area is 189 Å². The minimum atomic E-state index is -0.203. The fourth-order valence-corrected chi connectivity index (χ4v) is 3.36. The minimum Gasteiger partial charge on any atom is -0.350 e. The quantitative estimate of drug-likeness (QED) is 0.522. The lowest BCUT2D eigenvalue weighted by Crippen LogP contribution is -2.32. The highest BCUT2D eigenvalue weighted by molar-refractivity contribution is 5.94. The van der Waals surface area contributed by atoms with Crippen molar-refractivity contribution < 1.29 is 9.59 Å². The number of benzene rings is 2. The van der Waals surface area contributed by atoms with Crippen LogP contribution in [0.5, 0.6) is 0 Å². The molecule has 0 saturated heterocycles. The number of carbonyl (C=O) groups is 2. The van der Waals surface area contributed by atoms with E-state index in [4.69, 9.17) is 0 Å². The standard InChI is InChI=1S/C26H30N4O2/c1-5-18(2)28-26(32)22-11-9-10-21(16-22)17-27-25(31)15-14-24-19(3)29-30(20(24)4)23-12-7-6-8-13-23/h6-16,18H,5,17H2,1-4H3,(H,27,31)(H,28,32). The van der Waals surface area contributed by atoms with Gasteiger partial charge in [-0.15, -0.1) is 0 Å². The van der Waals surface area contributed by atoms with Crippen molar-refractivity contribution in [1.29, 1.82) is 0 Å². The van der Waals surface area contributed by atoms with E-state index in [1.54, 1.807) is 18.2 Å². The van der Waals surface area contributed by atoms with Crippen LogP contribution in [-0.2, 0) is 11.3 Å². The van der Waals surface area contributed by atoms with Gasteiger partial charge in [0.05, 0.1) is 11.4 Å². The molecule has 0 fully saturated rings. The molecule has 0 aliphatic heterocycles. The zero-order chi connectivity index (χ0) is 23.1. The zero-order valence-electron chi connectivity index (χ0n) is 19.1. The van der Waals surface area contributed by atoms with Gasteiger partial charge in [-0.2, -0.15) is 5.10 Å². The maximum Gasteiger partial charge on any atom is 0.251 e. The highest BCUT2D eigenvalue weighted by Gasteiger charge is 2.11. The Morgan fingerprint density at radius 1 is 1.09 bits per heavy atom. The van der Waals surface area contributed by atoms with E-state index >= 15 is 0 Å². The Kier molecular flexibility index (Phi) is 7.60. The van der Waals surface area contributed by atoms with Gasteiger partial charge in [0.2, 0.25) is 5.91 Å². The summed E-state index contributed by atoms with van der Waals surface area (Å²) in [6.45, 7) is 8.26. The molecule has 32 heavy (non-hydrogen) atoms. The highest BCUT2D eigenvalue weighted by atomic mass is 16.2. The molecular formula is C26H30N4O2. The van der Waals surface area contributed by atoms with Gasteiger partial charge in [0.25, 0.3) is 5.91 Å². The molecule has 6 nitrogen and oxygen atoms in total.